The third-order valence-electron chi connectivity index (χ3n) is 1.80. The molecule has 0 aliphatic heterocycles. The lowest BCUT2D eigenvalue weighted by Crippen LogP contribution is -2.26. The lowest BCUT2D eigenvalue weighted by molar-refractivity contribution is 0.0698. The smallest absolute Gasteiger partial charge is 0.337 e. The van der Waals surface area contributed by atoms with E-state index in [2.05, 4.69) is 5.32 Å². The van der Waals surface area contributed by atoms with E-state index in [-0.39, 0.29) is 16.8 Å². The zero-order valence-corrected chi connectivity index (χ0v) is 9.16. The summed E-state index contributed by atoms with van der Waals surface area (Å²) in [6.45, 7) is 6.07. The Kier molecular flexibility index (Phi) is 2.88. The number of carbonyl (C=O) groups is 1. The van der Waals surface area contributed by atoms with E-state index in [0.29, 0.717) is 0 Å². The van der Waals surface area contributed by atoms with E-state index in [4.69, 9.17) is 10.8 Å². The fraction of sp³-hybridized carbons (Fsp3) is 0.364. The Morgan fingerprint density at radius 3 is 2.40 bits per heavy atom. The van der Waals surface area contributed by atoms with Gasteiger partial charge >= 0.3 is 5.97 Å². The summed E-state index contributed by atoms with van der Waals surface area (Å²) in [5.74, 6) is -1.00. The van der Waals surface area contributed by atoms with Crippen LogP contribution < -0.4 is 11.1 Å². The maximum atomic E-state index is 10.7. The van der Waals surface area contributed by atoms with Crippen LogP contribution in [0.3, 0.4) is 0 Å². The molecule has 0 aliphatic rings. The number of hydrogen-bond acceptors (Lipinski definition) is 3. The average molecular weight is 208 g/mol. The van der Waals surface area contributed by atoms with Crippen LogP contribution in [0.4, 0.5) is 11.4 Å². The predicted molar refractivity (Wildman–Crippen MR) is 61.2 cm³/mol. The van der Waals surface area contributed by atoms with Gasteiger partial charge in [0.05, 0.1) is 5.56 Å². The number of nitrogens with two attached hydrogens (primary N) is 1. The summed E-state index contributed by atoms with van der Waals surface area (Å²) in [4.78, 5) is 10.7. The lowest BCUT2D eigenvalue weighted by Gasteiger charge is -2.22. The van der Waals surface area contributed by atoms with Crippen LogP contribution in [0, 0.1) is 0 Å². The van der Waals surface area contributed by atoms with E-state index < -0.39 is 5.97 Å². The van der Waals surface area contributed by atoms with Crippen molar-refractivity contribution in [1.29, 1.82) is 0 Å². The molecular weight excluding hydrogens is 192 g/mol. The number of anilines is 2. The number of nitrogens with one attached hydrogen (secondary N) is 1. The summed E-state index contributed by atoms with van der Waals surface area (Å²) in [5, 5.41) is 12.0. The van der Waals surface area contributed by atoms with E-state index >= 15 is 0 Å². The molecule has 0 aromatic heterocycles. The minimum absolute atomic E-state index is 0.0722. The topological polar surface area (TPSA) is 75.3 Å². The molecule has 0 saturated carbocycles. The molecule has 0 bridgehead atoms. The minimum atomic E-state index is -1.00. The van der Waals surface area contributed by atoms with Gasteiger partial charge in [-0.15, -0.1) is 0 Å². The number of hydrogen-bond donors (Lipinski definition) is 3. The summed E-state index contributed by atoms with van der Waals surface area (Å²) < 4.78 is 0. The fourth-order valence-corrected chi connectivity index (χ4v) is 1.27. The monoisotopic (exact) mass is 208 g/mol. The second-order valence-electron chi connectivity index (χ2n) is 4.48. The van der Waals surface area contributed by atoms with Gasteiger partial charge in [0, 0.05) is 16.9 Å². The van der Waals surface area contributed by atoms with Crippen molar-refractivity contribution in [2.75, 3.05) is 11.1 Å². The number of aromatic carboxylic acids is 1. The Hall–Kier alpha value is -1.71. The van der Waals surface area contributed by atoms with Crippen molar-refractivity contribution in [3.8, 4) is 0 Å². The van der Waals surface area contributed by atoms with Gasteiger partial charge in [-0.05, 0) is 39.0 Å². The number of rotatable bonds is 2. The minimum Gasteiger partial charge on any atom is -0.478 e. The Balaban J connectivity index is 2.97. The molecule has 0 fully saturated rings. The van der Waals surface area contributed by atoms with E-state index in [0.717, 1.165) is 5.69 Å². The molecule has 0 spiro atoms. The Bertz CT molecular complexity index is 381. The van der Waals surface area contributed by atoms with Gasteiger partial charge < -0.3 is 16.2 Å². The highest BCUT2D eigenvalue weighted by Crippen LogP contribution is 2.20. The van der Waals surface area contributed by atoms with Crippen LogP contribution in [-0.2, 0) is 0 Å². The van der Waals surface area contributed by atoms with Crippen molar-refractivity contribution in [3.05, 3.63) is 23.8 Å². The van der Waals surface area contributed by atoms with Crippen molar-refractivity contribution >= 4 is 17.3 Å². The summed E-state index contributed by atoms with van der Waals surface area (Å²) in [5.41, 5.74) is 6.78. The van der Waals surface area contributed by atoms with Crippen LogP contribution in [-0.4, -0.2) is 16.6 Å². The third kappa shape index (κ3) is 3.16. The van der Waals surface area contributed by atoms with Gasteiger partial charge in [-0.3, -0.25) is 0 Å². The van der Waals surface area contributed by atoms with Crippen molar-refractivity contribution in [1.82, 2.24) is 0 Å². The number of nitrogen functional groups attached to an aromatic ring is 1. The second-order valence-corrected chi connectivity index (χ2v) is 4.48. The molecule has 0 aliphatic carbocycles. The first-order chi connectivity index (χ1) is 6.79. The Morgan fingerprint density at radius 1 is 1.40 bits per heavy atom. The Morgan fingerprint density at radius 2 is 2.00 bits per heavy atom. The molecule has 82 valence electrons. The van der Waals surface area contributed by atoms with Crippen molar-refractivity contribution in [3.63, 3.8) is 0 Å². The molecule has 0 unspecified atom stereocenters. The standard InChI is InChI=1S/C11H16N2O2/c1-11(2,3)13-7-4-5-8(10(14)15)9(12)6-7/h4-6,13H,12H2,1-3H3,(H,14,15). The van der Waals surface area contributed by atoms with Gasteiger partial charge in [0.1, 0.15) is 0 Å². The molecule has 4 heteroatoms. The second kappa shape index (κ2) is 3.81. The molecule has 15 heavy (non-hydrogen) atoms. The molecule has 0 amide bonds. The van der Waals surface area contributed by atoms with Gasteiger partial charge in [0.2, 0.25) is 0 Å². The highest BCUT2D eigenvalue weighted by atomic mass is 16.4. The van der Waals surface area contributed by atoms with Crippen molar-refractivity contribution < 1.29 is 9.90 Å². The van der Waals surface area contributed by atoms with E-state index in [1.54, 1.807) is 12.1 Å². The van der Waals surface area contributed by atoms with Crippen LogP contribution in [0.25, 0.3) is 0 Å². The number of benzene rings is 1. The fourth-order valence-electron chi connectivity index (χ4n) is 1.27. The first-order valence-electron chi connectivity index (χ1n) is 4.70. The molecule has 0 saturated heterocycles. The van der Waals surface area contributed by atoms with Crippen LogP contribution in [0.2, 0.25) is 0 Å². The van der Waals surface area contributed by atoms with Crippen LogP contribution >= 0.6 is 0 Å². The van der Waals surface area contributed by atoms with Crippen molar-refractivity contribution in [2.45, 2.75) is 26.3 Å². The van der Waals surface area contributed by atoms with Crippen molar-refractivity contribution in [2.24, 2.45) is 0 Å². The van der Waals surface area contributed by atoms with Crippen LogP contribution in [0.5, 0.6) is 0 Å². The molecule has 0 heterocycles. The highest BCUT2D eigenvalue weighted by Gasteiger charge is 2.12. The first-order valence-corrected chi connectivity index (χ1v) is 4.70. The summed E-state index contributed by atoms with van der Waals surface area (Å²) >= 11 is 0. The molecule has 0 atom stereocenters. The molecule has 0 radical (unpaired) electrons. The quantitative estimate of drug-likeness (QED) is 0.651. The van der Waals surface area contributed by atoms with E-state index in [9.17, 15) is 4.79 Å². The normalized spacial score (nSPS) is 11.1. The Labute approximate surface area is 89.1 Å². The largest absolute Gasteiger partial charge is 0.478 e. The van der Waals surface area contributed by atoms with Gasteiger partial charge in [-0.1, -0.05) is 0 Å². The molecular formula is C11H16N2O2. The first kappa shape index (κ1) is 11.4. The summed E-state index contributed by atoms with van der Waals surface area (Å²) in [6.07, 6.45) is 0. The SMILES string of the molecule is CC(C)(C)Nc1ccc(C(=O)O)c(N)c1. The van der Waals surface area contributed by atoms with E-state index in [1.807, 2.05) is 20.8 Å². The summed E-state index contributed by atoms with van der Waals surface area (Å²) in [7, 11) is 0. The van der Waals surface area contributed by atoms with Gasteiger partial charge in [0.25, 0.3) is 0 Å². The van der Waals surface area contributed by atoms with Gasteiger partial charge in [-0.2, -0.15) is 0 Å². The maximum Gasteiger partial charge on any atom is 0.337 e. The molecule has 1 aromatic carbocycles. The third-order valence-corrected chi connectivity index (χ3v) is 1.80. The molecule has 4 N–H and O–H groups in total. The number of carboxylic acid groups (broad SMARTS) is 1. The number of carboxylic acids is 1. The van der Waals surface area contributed by atoms with Gasteiger partial charge in [-0.25, -0.2) is 4.79 Å². The zero-order valence-electron chi connectivity index (χ0n) is 9.16. The van der Waals surface area contributed by atoms with Crippen LogP contribution in [0.15, 0.2) is 18.2 Å². The maximum absolute atomic E-state index is 10.7. The predicted octanol–water partition coefficient (Wildman–Crippen LogP) is 2.18. The van der Waals surface area contributed by atoms with Gasteiger partial charge in [0.15, 0.2) is 0 Å². The molecule has 1 rings (SSSR count). The van der Waals surface area contributed by atoms with E-state index in [1.165, 1.54) is 6.07 Å². The van der Waals surface area contributed by atoms with Crippen LogP contribution in [0.1, 0.15) is 31.1 Å². The zero-order chi connectivity index (χ0) is 11.6. The average Bonchev–Trinajstić information content (AvgIpc) is 1.99. The summed E-state index contributed by atoms with van der Waals surface area (Å²) in [6, 6.07) is 4.85. The molecule has 4 nitrogen and oxygen atoms in total. The molecule has 1 aromatic rings. The lowest BCUT2D eigenvalue weighted by atomic mass is 10.1. The highest BCUT2D eigenvalue weighted by molar-refractivity contribution is 5.94.